The molecular weight excluding hydrogens is 381 g/mol. The number of nitrogens with zero attached hydrogens (tertiary/aromatic N) is 2. The quantitative estimate of drug-likeness (QED) is 0.765. The second-order valence-electron chi connectivity index (χ2n) is 8.35. The van der Waals surface area contributed by atoms with Crippen molar-refractivity contribution >= 4 is 11.7 Å². The maximum Gasteiger partial charge on any atom is 0.339 e. The summed E-state index contributed by atoms with van der Waals surface area (Å²) >= 11 is 0. The number of carbonyl (C=O) groups is 1. The minimum absolute atomic E-state index is 0. The summed E-state index contributed by atoms with van der Waals surface area (Å²) in [4.78, 5) is 17.2. The molecule has 3 heterocycles. The van der Waals surface area contributed by atoms with E-state index in [1.54, 1.807) is 12.1 Å². The summed E-state index contributed by atoms with van der Waals surface area (Å²) in [6.07, 6.45) is 1.23. The van der Waals surface area contributed by atoms with Crippen LogP contribution >= 0.6 is 0 Å². The number of carbonyl (C=O) groups excluding carboxylic acids is 1. The Morgan fingerprint density at radius 1 is 1.00 bits per heavy atom. The van der Waals surface area contributed by atoms with Crippen LogP contribution in [-0.4, -0.2) is 57.2 Å². The van der Waals surface area contributed by atoms with E-state index in [1.165, 1.54) is 5.69 Å². The number of anilines is 1. The Morgan fingerprint density at radius 2 is 1.67 bits per heavy atom. The zero-order chi connectivity index (χ0) is 20.0. The third kappa shape index (κ3) is 3.48. The molecule has 6 heteroatoms. The topological polar surface area (TPSA) is 44.8 Å². The fourth-order valence-corrected chi connectivity index (χ4v) is 4.79. The standard InChI is InChI=1S/C23H26FN3O2.CH4/c1-26-10-12-27(13-11-26)18-4-2-16(3-5-18)17-14-19-21(20(24)15-17)23(29-22(19)28)6-8-25-9-7-23;/h2-5,14-15,25H,6-13H2,1H3;1H4. The second kappa shape index (κ2) is 8.00. The van der Waals surface area contributed by atoms with Crippen molar-refractivity contribution in [2.45, 2.75) is 25.9 Å². The lowest BCUT2D eigenvalue weighted by Gasteiger charge is -2.34. The first-order valence-corrected chi connectivity index (χ1v) is 10.4. The molecule has 0 amide bonds. The molecule has 5 rings (SSSR count). The fourth-order valence-electron chi connectivity index (χ4n) is 4.79. The molecule has 3 aliphatic heterocycles. The van der Waals surface area contributed by atoms with Crippen LogP contribution in [0.1, 0.15) is 36.2 Å². The number of ether oxygens (including phenoxy) is 1. The molecule has 0 unspecified atom stereocenters. The van der Waals surface area contributed by atoms with E-state index >= 15 is 4.39 Å². The highest BCUT2D eigenvalue weighted by Crippen LogP contribution is 2.45. The summed E-state index contributed by atoms with van der Waals surface area (Å²) in [6, 6.07) is 11.5. The predicted octanol–water partition coefficient (Wildman–Crippen LogP) is 3.63. The number of likely N-dealkylation sites (N-methyl/N-ethyl adjacent to an activating group) is 1. The van der Waals surface area contributed by atoms with Crippen molar-refractivity contribution in [2.24, 2.45) is 0 Å². The average molecular weight is 412 g/mol. The molecule has 0 radical (unpaired) electrons. The van der Waals surface area contributed by atoms with Gasteiger partial charge in [0, 0.05) is 50.3 Å². The lowest BCUT2D eigenvalue weighted by atomic mass is 9.83. The summed E-state index contributed by atoms with van der Waals surface area (Å²) in [5.74, 6) is -0.745. The van der Waals surface area contributed by atoms with Crippen LogP contribution in [0.25, 0.3) is 11.1 Å². The van der Waals surface area contributed by atoms with Crippen molar-refractivity contribution in [3.05, 3.63) is 53.3 Å². The summed E-state index contributed by atoms with van der Waals surface area (Å²) < 4.78 is 20.9. The first-order chi connectivity index (χ1) is 14.1. The minimum atomic E-state index is -0.800. The number of piperidine rings is 1. The van der Waals surface area contributed by atoms with E-state index in [0.717, 1.165) is 44.8 Å². The summed E-state index contributed by atoms with van der Waals surface area (Å²) in [6.45, 7) is 5.57. The van der Waals surface area contributed by atoms with Crippen LogP contribution in [0.2, 0.25) is 0 Å². The monoisotopic (exact) mass is 411 g/mol. The Labute approximate surface area is 177 Å². The summed E-state index contributed by atoms with van der Waals surface area (Å²) in [5, 5.41) is 3.25. The number of benzene rings is 2. The average Bonchev–Trinajstić information content (AvgIpc) is 3.00. The predicted molar refractivity (Wildman–Crippen MR) is 117 cm³/mol. The van der Waals surface area contributed by atoms with E-state index < -0.39 is 11.6 Å². The summed E-state index contributed by atoms with van der Waals surface area (Å²) in [5.41, 5.74) is 2.83. The van der Waals surface area contributed by atoms with Crippen molar-refractivity contribution in [3.63, 3.8) is 0 Å². The van der Waals surface area contributed by atoms with Gasteiger partial charge in [-0.2, -0.15) is 0 Å². The van der Waals surface area contributed by atoms with Crippen molar-refractivity contribution in [1.82, 2.24) is 10.2 Å². The molecular formula is C24H30FN3O2. The van der Waals surface area contributed by atoms with Crippen LogP contribution in [0.5, 0.6) is 0 Å². The number of fused-ring (bicyclic) bond motifs is 2. The molecule has 2 fully saturated rings. The van der Waals surface area contributed by atoms with Crippen molar-refractivity contribution < 1.29 is 13.9 Å². The van der Waals surface area contributed by atoms with Gasteiger partial charge in [0.15, 0.2) is 0 Å². The molecule has 2 aromatic rings. The highest BCUT2D eigenvalue weighted by atomic mass is 19.1. The van der Waals surface area contributed by atoms with E-state index in [2.05, 4.69) is 34.3 Å². The smallest absolute Gasteiger partial charge is 0.339 e. The molecule has 30 heavy (non-hydrogen) atoms. The van der Waals surface area contributed by atoms with Crippen LogP contribution in [0, 0.1) is 5.82 Å². The maximum atomic E-state index is 15.2. The van der Waals surface area contributed by atoms with Crippen molar-refractivity contribution in [1.29, 1.82) is 0 Å². The minimum Gasteiger partial charge on any atom is -0.450 e. The Hall–Kier alpha value is -2.44. The number of esters is 1. The first-order valence-electron chi connectivity index (χ1n) is 10.4. The second-order valence-corrected chi connectivity index (χ2v) is 8.35. The van der Waals surface area contributed by atoms with Crippen LogP contribution in [0.4, 0.5) is 10.1 Å². The van der Waals surface area contributed by atoms with E-state index in [0.29, 0.717) is 29.5 Å². The molecule has 2 saturated heterocycles. The van der Waals surface area contributed by atoms with Gasteiger partial charge in [-0.1, -0.05) is 19.6 Å². The summed E-state index contributed by atoms with van der Waals surface area (Å²) in [7, 11) is 2.14. The van der Waals surface area contributed by atoms with Crippen LogP contribution in [0.3, 0.4) is 0 Å². The van der Waals surface area contributed by atoms with Gasteiger partial charge in [-0.3, -0.25) is 0 Å². The van der Waals surface area contributed by atoms with Crippen molar-refractivity contribution in [3.8, 4) is 11.1 Å². The largest absolute Gasteiger partial charge is 0.450 e. The van der Waals surface area contributed by atoms with Gasteiger partial charge in [0.05, 0.1) is 5.56 Å². The van der Waals surface area contributed by atoms with Gasteiger partial charge >= 0.3 is 5.97 Å². The Kier molecular flexibility index (Phi) is 5.55. The van der Waals surface area contributed by atoms with Gasteiger partial charge < -0.3 is 19.9 Å². The highest BCUT2D eigenvalue weighted by Gasteiger charge is 2.48. The van der Waals surface area contributed by atoms with Crippen molar-refractivity contribution in [2.75, 3.05) is 51.2 Å². The van der Waals surface area contributed by atoms with Crippen LogP contribution in [-0.2, 0) is 10.3 Å². The zero-order valence-corrected chi connectivity index (χ0v) is 16.7. The van der Waals surface area contributed by atoms with Gasteiger partial charge in [-0.25, -0.2) is 9.18 Å². The number of hydrogen-bond acceptors (Lipinski definition) is 5. The Balaban J connectivity index is 0.00000218. The first kappa shape index (κ1) is 20.8. The van der Waals surface area contributed by atoms with E-state index in [1.807, 2.05) is 12.1 Å². The molecule has 0 aromatic heterocycles. The third-order valence-electron chi connectivity index (χ3n) is 6.53. The molecule has 1 N–H and O–H groups in total. The molecule has 0 atom stereocenters. The fraction of sp³-hybridized carbons (Fsp3) is 0.458. The Bertz CT molecular complexity index is 930. The molecule has 0 bridgehead atoms. The van der Waals surface area contributed by atoms with E-state index in [-0.39, 0.29) is 13.2 Å². The highest BCUT2D eigenvalue weighted by molar-refractivity contribution is 5.96. The van der Waals surface area contributed by atoms with E-state index in [9.17, 15) is 4.79 Å². The number of piperazine rings is 1. The van der Waals surface area contributed by atoms with Gasteiger partial charge in [0.1, 0.15) is 11.4 Å². The molecule has 160 valence electrons. The lowest BCUT2D eigenvalue weighted by Crippen LogP contribution is -2.44. The van der Waals surface area contributed by atoms with Gasteiger partial charge in [0.25, 0.3) is 0 Å². The van der Waals surface area contributed by atoms with E-state index in [4.69, 9.17) is 4.74 Å². The van der Waals surface area contributed by atoms with Crippen LogP contribution < -0.4 is 10.2 Å². The number of nitrogens with one attached hydrogen (secondary N) is 1. The van der Waals surface area contributed by atoms with Gasteiger partial charge in [0.2, 0.25) is 0 Å². The maximum absolute atomic E-state index is 15.2. The number of hydrogen-bond donors (Lipinski definition) is 1. The Morgan fingerprint density at radius 3 is 2.33 bits per heavy atom. The zero-order valence-electron chi connectivity index (χ0n) is 16.7. The van der Waals surface area contributed by atoms with Gasteiger partial charge in [-0.15, -0.1) is 0 Å². The molecule has 0 aliphatic carbocycles. The van der Waals surface area contributed by atoms with Gasteiger partial charge in [-0.05, 0) is 55.5 Å². The molecule has 3 aliphatic rings. The molecule has 1 spiro atoms. The number of halogens is 1. The number of rotatable bonds is 2. The SMILES string of the molecule is C.CN1CCN(c2ccc(-c3cc(F)c4c(c3)C(=O)OC43CCNCC3)cc2)CC1. The lowest BCUT2D eigenvalue weighted by molar-refractivity contribution is -0.0255. The van der Waals surface area contributed by atoms with Crippen LogP contribution in [0.15, 0.2) is 36.4 Å². The molecule has 5 nitrogen and oxygen atoms in total. The molecule has 2 aromatic carbocycles. The normalized spacial score (nSPS) is 20.6. The molecule has 0 saturated carbocycles. The third-order valence-corrected chi connectivity index (χ3v) is 6.53.